The van der Waals surface area contributed by atoms with E-state index in [1.807, 2.05) is 46.8 Å². The van der Waals surface area contributed by atoms with Gasteiger partial charge in [0.15, 0.2) is 5.82 Å². The van der Waals surface area contributed by atoms with Crippen molar-refractivity contribution in [1.29, 1.82) is 0 Å². The number of hydrogen-bond acceptors (Lipinski definition) is 5. The minimum Gasteiger partial charge on any atom is -0.372 e. The van der Waals surface area contributed by atoms with E-state index in [0.717, 1.165) is 36.8 Å². The molecule has 1 aliphatic rings. The molecule has 25 heavy (non-hydrogen) atoms. The van der Waals surface area contributed by atoms with Gasteiger partial charge in [0.2, 0.25) is 0 Å². The summed E-state index contributed by atoms with van der Waals surface area (Å²) in [6.07, 6.45) is 4.73. The Morgan fingerprint density at radius 3 is 2.92 bits per heavy atom. The van der Waals surface area contributed by atoms with Crippen molar-refractivity contribution in [3.8, 4) is 5.69 Å². The molecule has 2 aromatic heterocycles. The van der Waals surface area contributed by atoms with Crippen LogP contribution in [0.3, 0.4) is 0 Å². The molecule has 2 atom stereocenters. The highest BCUT2D eigenvalue weighted by Crippen LogP contribution is 2.33. The van der Waals surface area contributed by atoms with Crippen LogP contribution in [0.1, 0.15) is 24.0 Å². The zero-order valence-corrected chi connectivity index (χ0v) is 14.2. The fourth-order valence-corrected chi connectivity index (χ4v) is 3.39. The third kappa shape index (κ3) is 3.33. The second-order valence-electron chi connectivity index (χ2n) is 6.30. The number of nitrogens with one attached hydrogen (secondary N) is 1. The van der Waals surface area contributed by atoms with E-state index in [1.165, 1.54) is 0 Å². The second-order valence-corrected chi connectivity index (χ2v) is 6.30. The predicted octanol–water partition coefficient (Wildman–Crippen LogP) is 1.87. The molecule has 7 heteroatoms. The molecule has 0 unspecified atom stereocenters. The third-order valence-corrected chi connectivity index (χ3v) is 4.71. The van der Waals surface area contributed by atoms with Crippen molar-refractivity contribution >= 4 is 0 Å². The van der Waals surface area contributed by atoms with Gasteiger partial charge in [-0.25, -0.2) is 0 Å². The van der Waals surface area contributed by atoms with Gasteiger partial charge in [-0.15, -0.1) is 10.2 Å². The van der Waals surface area contributed by atoms with Gasteiger partial charge >= 0.3 is 0 Å². The Morgan fingerprint density at radius 2 is 2.12 bits per heavy atom. The average molecular weight is 338 g/mol. The molecule has 0 bridgehead atoms. The fourth-order valence-electron chi connectivity index (χ4n) is 3.39. The van der Waals surface area contributed by atoms with E-state index in [2.05, 4.69) is 32.7 Å². The molecule has 7 nitrogen and oxygen atoms in total. The van der Waals surface area contributed by atoms with Crippen molar-refractivity contribution < 1.29 is 4.74 Å². The van der Waals surface area contributed by atoms with Crippen molar-refractivity contribution in [2.24, 2.45) is 13.0 Å². The molecule has 0 radical (unpaired) electrons. The van der Waals surface area contributed by atoms with E-state index >= 15 is 0 Å². The molecule has 3 heterocycles. The minimum atomic E-state index is 0.104. The van der Waals surface area contributed by atoms with E-state index in [0.29, 0.717) is 12.5 Å². The van der Waals surface area contributed by atoms with E-state index in [4.69, 9.17) is 4.74 Å². The standard InChI is InChI=1S/C18H22N6O/c1-23-16(7-9-21-23)18-14(8-10-25-18)11-19-12-17-22-20-13-24(17)15-5-3-2-4-6-15/h2-7,9,13-14,18-19H,8,10-12H2,1H3/t14-,18+/m0/s1. The highest BCUT2D eigenvalue weighted by atomic mass is 16.5. The minimum absolute atomic E-state index is 0.104. The van der Waals surface area contributed by atoms with Gasteiger partial charge < -0.3 is 10.1 Å². The molecular formula is C18H22N6O. The van der Waals surface area contributed by atoms with E-state index < -0.39 is 0 Å². The van der Waals surface area contributed by atoms with E-state index in [1.54, 1.807) is 6.33 Å². The van der Waals surface area contributed by atoms with Gasteiger partial charge in [0.25, 0.3) is 0 Å². The largest absolute Gasteiger partial charge is 0.372 e. The first kappa shape index (κ1) is 16.0. The maximum atomic E-state index is 5.94. The lowest BCUT2D eigenvalue weighted by Crippen LogP contribution is -2.26. The molecule has 0 saturated carbocycles. The number of benzene rings is 1. The third-order valence-electron chi connectivity index (χ3n) is 4.71. The molecule has 1 aromatic carbocycles. The van der Waals surface area contributed by atoms with Crippen molar-refractivity contribution in [1.82, 2.24) is 29.9 Å². The molecule has 0 amide bonds. The molecule has 0 aliphatic carbocycles. The number of para-hydroxylation sites is 1. The lowest BCUT2D eigenvalue weighted by atomic mass is 9.99. The van der Waals surface area contributed by atoms with Gasteiger partial charge in [0.05, 0.1) is 12.2 Å². The van der Waals surface area contributed by atoms with Crippen molar-refractivity contribution in [2.45, 2.75) is 19.1 Å². The SMILES string of the molecule is Cn1nccc1[C@@H]1OCC[C@H]1CNCc1nncn1-c1ccccc1. The molecule has 4 rings (SSSR count). The maximum absolute atomic E-state index is 5.94. The van der Waals surface area contributed by atoms with Gasteiger partial charge in [-0.1, -0.05) is 18.2 Å². The molecule has 1 fully saturated rings. The fraction of sp³-hybridized carbons (Fsp3) is 0.389. The highest BCUT2D eigenvalue weighted by molar-refractivity contribution is 5.31. The van der Waals surface area contributed by atoms with Crippen LogP contribution in [0.5, 0.6) is 0 Å². The first-order chi connectivity index (χ1) is 12.3. The zero-order valence-electron chi connectivity index (χ0n) is 14.2. The molecule has 0 spiro atoms. The van der Waals surface area contributed by atoms with Gasteiger partial charge in [-0.2, -0.15) is 5.10 Å². The van der Waals surface area contributed by atoms with Crippen LogP contribution in [0.25, 0.3) is 5.69 Å². The quantitative estimate of drug-likeness (QED) is 0.743. The Bertz CT molecular complexity index is 812. The summed E-state index contributed by atoms with van der Waals surface area (Å²) in [4.78, 5) is 0. The number of hydrogen-bond donors (Lipinski definition) is 1. The summed E-state index contributed by atoms with van der Waals surface area (Å²) in [7, 11) is 1.96. The van der Waals surface area contributed by atoms with Crippen molar-refractivity contribution in [2.75, 3.05) is 13.2 Å². The molecule has 3 aromatic rings. The van der Waals surface area contributed by atoms with Gasteiger partial charge in [0.1, 0.15) is 12.4 Å². The summed E-state index contributed by atoms with van der Waals surface area (Å²) in [5.41, 5.74) is 2.21. The van der Waals surface area contributed by atoms with Crippen LogP contribution in [-0.2, 0) is 18.3 Å². The first-order valence-electron chi connectivity index (χ1n) is 8.57. The van der Waals surface area contributed by atoms with E-state index in [9.17, 15) is 0 Å². The van der Waals surface area contributed by atoms with Crippen LogP contribution in [0.15, 0.2) is 48.9 Å². The number of rotatable bonds is 6. The summed E-state index contributed by atoms with van der Waals surface area (Å²) in [5, 5.41) is 16.1. The van der Waals surface area contributed by atoms with Crippen LogP contribution in [0.2, 0.25) is 0 Å². The molecule has 1 N–H and O–H groups in total. The predicted molar refractivity (Wildman–Crippen MR) is 93.1 cm³/mol. The van der Waals surface area contributed by atoms with E-state index in [-0.39, 0.29) is 6.10 Å². The first-order valence-corrected chi connectivity index (χ1v) is 8.57. The topological polar surface area (TPSA) is 69.8 Å². The Hall–Kier alpha value is -2.51. The maximum Gasteiger partial charge on any atom is 0.151 e. The zero-order chi connectivity index (χ0) is 17.1. The summed E-state index contributed by atoms with van der Waals surface area (Å²) in [6.45, 7) is 2.34. The Morgan fingerprint density at radius 1 is 1.24 bits per heavy atom. The average Bonchev–Trinajstić information content (AvgIpc) is 3.36. The van der Waals surface area contributed by atoms with Crippen LogP contribution in [0, 0.1) is 5.92 Å². The Balaban J connectivity index is 1.39. The summed E-state index contributed by atoms with van der Waals surface area (Å²) in [5.74, 6) is 1.34. The number of ether oxygens (including phenoxy) is 1. The molecule has 1 aliphatic heterocycles. The molecular weight excluding hydrogens is 316 g/mol. The van der Waals surface area contributed by atoms with Crippen LogP contribution < -0.4 is 5.32 Å². The Labute approximate surface area is 146 Å². The molecule has 130 valence electrons. The number of aromatic nitrogens is 5. The van der Waals surface area contributed by atoms with Crippen LogP contribution in [-0.4, -0.2) is 37.7 Å². The summed E-state index contributed by atoms with van der Waals surface area (Å²) in [6, 6.07) is 12.2. The highest BCUT2D eigenvalue weighted by Gasteiger charge is 2.31. The lowest BCUT2D eigenvalue weighted by Gasteiger charge is -2.19. The number of aryl methyl sites for hydroxylation is 1. The summed E-state index contributed by atoms with van der Waals surface area (Å²) < 4.78 is 9.85. The smallest absolute Gasteiger partial charge is 0.151 e. The molecule has 1 saturated heterocycles. The second kappa shape index (κ2) is 7.16. The summed E-state index contributed by atoms with van der Waals surface area (Å²) >= 11 is 0. The monoisotopic (exact) mass is 338 g/mol. The van der Waals surface area contributed by atoms with Crippen molar-refractivity contribution in [3.05, 3.63) is 60.4 Å². The van der Waals surface area contributed by atoms with Crippen molar-refractivity contribution in [3.63, 3.8) is 0 Å². The van der Waals surface area contributed by atoms with Gasteiger partial charge in [-0.3, -0.25) is 9.25 Å². The number of nitrogens with zero attached hydrogens (tertiary/aromatic N) is 5. The lowest BCUT2D eigenvalue weighted by molar-refractivity contribution is 0.0837. The van der Waals surface area contributed by atoms with Crippen LogP contribution >= 0.6 is 0 Å². The van der Waals surface area contributed by atoms with Crippen LogP contribution in [0.4, 0.5) is 0 Å². The van der Waals surface area contributed by atoms with Gasteiger partial charge in [-0.05, 0) is 24.6 Å². The normalized spacial score (nSPS) is 20.2. The Kier molecular flexibility index (Phi) is 4.58. The van der Waals surface area contributed by atoms with Gasteiger partial charge in [0, 0.05) is 38.0 Å².